The van der Waals surface area contributed by atoms with Crippen LogP contribution in [-0.4, -0.2) is 32.5 Å². The summed E-state index contributed by atoms with van der Waals surface area (Å²) >= 11 is 0. The summed E-state index contributed by atoms with van der Waals surface area (Å²) in [5.74, 6) is 0.730. The van der Waals surface area contributed by atoms with Gasteiger partial charge in [0.2, 0.25) is 0 Å². The fourth-order valence-electron chi connectivity index (χ4n) is 5.72. The van der Waals surface area contributed by atoms with Gasteiger partial charge in [-0.1, -0.05) is 150 Å². The maximum absolute atomic E-state index is 13.7. The molecule has 7 heteroatoms. The molecule has 0 aliphatic heterocycles. The number of carbonyl (C=O) groups excluding carboxylic acids is 1. The summed E-state index contributed by atoms with van der Waals surface area (Å²) < 4.78 is 39.0. The van der Waals surface area contributed by atoms with Crippen LogP contribution in [-0.2, 0) is 18.5 Å². The van der Waals surface area contributed by atoms with E-state index in [1.54, 1.807) is 43.3 Å². The van der Waals surface area contributed by atoms with Crippen LogP contribution in [0.3, 0.4) is 0 Å². The van der Waals surface area contributed by atoms with Crippen molar-refractivity contribution in [2.75, 3.05) is 18.1 Å². The molecule has 0 aliphatic carbocycles. The Kier molecular flexibility index (Phi) is 19.0. The van der Waals surface area contributed by atoms with Crippen molar-refractivity contribution in [3.63, 3.8) is 0 Å². The summed E-state index contributed by atoms with van der Waals surface area (Å²) in [4.78, 5) is 13.8. The summed E-state index contributed by atoms with van der Waals surface area (Å²) in [6.45, 7) is 8.28. The van der Waals surface area contributed by atoms with Crippen LogP contribution in [0.5, 0.6) is 0 Å². The highest BCUT2D eigenvalue weighted by Crippen LogP contribution is 2.61. The fraction of sp³-hybridized carbons (Fsp3) is 0.649. The van der Waals surface area contributed by atoms with Crippen molar-refractivity contribution >= 4 is 26.4 Å². The molecule has 0 saturated heterocycles. The third-order valence-corrected chi connectivity index (χ3v) is 14.0. The minimum Gasteiger partial charge on any atom is -0.462 e. The summed E-state index contributed by atoms with van der Waals surface area (Å²) in [7, 11) is -6.39. The molecule has 0 aromatic heterocycles. The Hall–Kier alpha value is -1.83. The first-order valence-electron chi connectivity index (χ1n) is 17.4. The van der Waals surface area contributed by atoms with Crippen molar-refractivity contribution in [1.82, 2.24) is 0 Å². The molecule has 0 saturated carbocycles. The molecule has 0 heterocycles. The Bertz CT molecular complexity index is 1160. The molecule has 0 amide bonds. The van der Waals surface area contributed by atoms with E-state index in [0.717, 1.165) is 31.2 Å². The van der Waals surface area contributed by atoms with E-state index in [-0.39, 0.29) is 11.5 Å². The third kappa shape index (κ3) is 13.7. The number of esters is 1. The highest BCUT2D eigenvalue weighted by molar-refractivity contribution is 8.33. The largest absolute Gasteiger partial charge is 0.462 e. The van der Waals surface area contributed by atoms with Crippen LogP contribution < -0.4 is 0 Å². The Balaban J connectivity index is 1.98. The molecule has 250 valence electrons. The van der Waals surface area contributed by atoms with Crippen LogP contribution in [0.15, 0.2) is 58.3 Å². The van der Waals surface area contributed by atoms with E-state index < -0.39 is 26.4 Å². The van der Waals surface area contributed by atoms with Gasteiger partial charge >= 0.3 is 16.1 Å². The summed E-state index contributed by atoms with van der Waals surface area (Å²) in [5, 5.41) is 0. The van der Waals surface area contributed by atoms with Crippen LogP contribution in [0.2, 0.25) is 0 Å². The average Bonchev–Trinajstić information content (AvgIpc) is 3.01. The second-order valence-corrected chi connectivity index (χ2v) is 16.9. The van der Waals surface area contributed by atoms with Gasteiger partial charge in [-0.05, 0) is 51.0 Å². The van der Waals surface area contributed by atoms with Crippen LogP contribution in [0.1, 0.15) is 146 Å². The number of unbranched alkanes of at least 4 members (excludes halogenated alkanes) is 15. The van der Waals surface area contributed by atoms with Gasteiger partial charge in [0.15, 0.2) is 0 Å². The smallest absolute Gasteiger partial charge is 0.339 e. The van der Waals surface area contributed by atoms with Gasteiger partial charge in [-0.2, -0.15) is 8.42 Å². The number of benzene rings is 2. The van der Waals surface area contributed by atoms with Crippen LogP contribution in [0, 0.1) is 6.92 Å². The predicted octanol–water partition coefficient (Wildman–Crippen LogP) is 11.3. The Morgan fingerprint density at radius 1 is 0.614 bits per heavy atom. The van der Waals surface area contributed by atoms with Gasteiger partial charge in [0, 0.05) is 16.4 Å². The lowest BCUT2D eigenvalue weighted by Gasteiger charge is -2.39. The van der Waals surface area contributed by atoms with E-state index in [4.69, 9.17) is 8.37 Å². The minimum atomic E-state index is -4.05. The maximum atomic E-state index is 13.7. The predicted molar refractivity (Wildman–Crippen MR) is 187 cm³/mol. The molecule has 2 rings (SSSR count). The molecule has 0 N–H and O–H groups in total. The maximum Gasteiger partial charge on any atom is 0.339 e. The molecule has 1 atom stereocenters. The lowest BCUT2D eigenvalue weighted by atomic mass is 10.0. The van der Waals surface area contributed by atoms with E-state index in [0.29, 0.717) is 22.0 Å². The second-order valence-electron chi connectivity index (χ2n) is 12.1. The van der Waals surface area contributed by atoms with Crippen molar-refractivity contribution in [1.29, 1.82) is 0 Å². The first kappa shape index (κ1) is 38.4. The van der Waals surface area contributed by atoms with Gasteiger partial charge in [-0.25, -0.2) is 8.42 Å². The zero-order chi connectivity index (χ0) is 32.1. The molecule has 44 heavy (non-hydrogen) atoms. The van der Waals surface area contributed by atoms with Crippen molar-refractivity contribution in [2.45, 2.75) is 147 Å². The van der Waals surface area contributed by atoms with Crippen LogP contribution >= 0.6 is 10.3 Å². The lowest BCUT2D eigenvalue weighted by Crippen LogP contribution is -2.21. The van der Waals surface area contributed by atoms with E-state index in [2.05, 4.69) is 6.92 Å². The second kappa shape index (κ2) is 21.8. The quantitative estimate of drug-likeness (QED) is 0.0791. The van der Waals surface area contributed by atoms with Crippen molar-refractivity contribution < 1.29 is 21.6 Å². The van der Waals surface area contributed by atoms with Crippen molar-refractivity contribution in [2.24, 2.45) is 0 Å². The summed E-state index contributed by atoms with van der Waals surface area (Å²) in [6.07, 6.45) is 21.2. The molecule has 0 aliphatic rings. The molecule has 1 unspecified atom stereocenters. The number of ether oxygens (including phenoxy) is 1. The van der Waals surface area contributed by atoms with E-state index >= 15 is 0 Å². The fourth-order valence-corrected chi connectivity index (χ4v) is 11.6. The number of rotatable bonds is 25. The molecule has 0 spiro atoms. The molecule has 5 nitrogen and oxygen atoms in total. The van der Waals surface area contributed by atoms with Gasteiger partial charge in [0.1, 0.15) is 0 Å². The summed E-state index contributed by atoms with van der Waals surface area (Å²) in [6, 6.07) is 14.1. The van der Waals surface area contributed by atoms with Gasteiger partial charge in [0.25, 0.3) is 0 Å². The number of aryl methyl sites for hydroxylation is 1. The Labute approximate surface area is 271 Å². The first-order valence-corrected chi connectivity index (χ1v) is 20.7. The molecule has 2 aromatic rings. The molecular weight excluding hydrogens is 589 g/mol. The third-order valence-electron chi connectivity index (χ3n) is 8.17. The molecule has 0 fully saturated rings. The van der Waals surface area contributed by atoms with Crippen LogP contribution in [0.4, 0.5) is 0 Å². The first-order chi connectivity index (χ1) is 21.3. The Morgan fingerprint density at radius 2 is 1.11 bits per heavy atom. The van der Waals surface area contributed by atoms with Gasteiger partial charge < -0.3 is 4.74 Å². The number of hydrogen-bond donors (Lipinski definition) is 0. The molecule has 0 bridgehead atoms. The lowest BCUT2D eigenvalue weighted by molar-refractivity contribution is 0.0522. The minimum absolute atomic E-state index is 0.150. The monoisotopic (exact) mass is 648 g/mol. The zero-order valence-corrected chi connectivity index (χ0v) is 29.8. The zero-order valence-electron chi connectivity index (χ0n) is 28.1. The van der Waals surface area contributed by atoms with Crippen molar-refractivity contribution in [3.8, 4) is 0 Å². The van der Waals surface area contributed by atoms with Crippen LogP contribution in [0.25, 0.3) is 0 Å². The number of carbonyl (C=O) groups is 1. The number of hydrogen-bond acceptors (Lipinski definition) is 5. The van der Waals surface area contributed by atoms with Crippen molar-refractivity contribution in [3.05, 3.63) is 59.7 Å². The van der Waals surface area contributed by atoms with E-state index in [1.807, 2.05) is 26.0 Å². The van der Waals surface area contributed by atoms with Gasteiger partial charge in [-0.3, -0.25) is 0 Å². The topological polar surface area (TPSA) is 69.7 Å². The SMILES string of the molecule is CCCCCCCCCCCCCCCCCCS(CCC)(OS(=O)(=O)c1ccc(C)cc1)c1ccccc1C(=O)OCC. The molecule has 2 aromatic carbocycles. The van der Waals surface area contributed by atoms with E-state index in [1.165, 1.54) is 83.5 Å². The summed E-state index contributed by atoms with van der Waals surface area (Å²) in [5.41, 5.74) is 1.39. The average molecular weight is 649 g/mol. The normalized spacial score (nSPS) is 13.8. The highest BCUT2D eigenvalue weighted by Gasteiger charge is 2.36. The highest BCUT2D eigenvalue weighted by atomic mass is 32.3. The molecule has 0 radical (unpaired) electrons. The standard InChI is InChI=1S/C37H60O5S2/c1-5-8-9-10-11-12-13-14-15-16-17-18-19-20-21-24-32-43(31-6-2,36-26-23-22-25-35(36)37(38)41-7-3)42-44(39,40)34-29-27-33(4)28-30-34/h22-23,25-30H,5-21,24,31-32H2,1-4H3. The van der Waals surface area contributed by atoms with Gasteiger partial charge in [-0.15, -0.1) is 0 Å². The van der Waals surface area contributed by atoms with Gasteiger partial charge in [0.05, 0.1) is 17.1 Å². The van der Waals surface area contributed by atoms with E-state index in [9.17, 15) is 13.2 Å². The Morgan fingerprint density at radius 3 is 1.61 bits per heavy atom. The molecular formula is C37H60O5S2.